The lowest BCUT2D eigenvalue weighted by Gasteiger charge is -2.06. The maximum absolute atomic E-state index is 11.2. The fraction of sp³-hybridized carbons (Fsp3) is 0.200. The number of nitro groups is 1. The highest BCUT2D eigenvalue weighted by molar-refractivity contribution is 6.34. The molecule has 0 aromatic heterocycles. The topological polar surface area (TPSA) is 89.3 Å². The third-order valence-electron chi connectivity index (χ3n) is 1.97. The zero-order chi connectivity index (χ0) is 13.2. The Bertz CT molecular complexity index is 513. The quantitative estimate of drug-likeness (QED) is 0.511. The van der Waals surface area contributed by atoms with Crippen molar-refractivity contribution in [2.75, 3.05) is 5.32 Å². The fourth-order valence-electron chi connectivity index (χ4n) is 1.27. The summed E-state index contributed by atoms with van der Waals surface area (Å²) in [5.41, 5.74) is -0.347. The smallest absolute Gasteiger partial charge is 0.293 e. The number of nitrogens with zero attached hydrogens (tertiary/aromatic N) is 1. The molecule has 1 aromatic carbocycles. The van der Waals surface area contributed by atoms with Gasteiger partial charge in [-0.3, -0.25) is 19.7 Å². The second-order valence-corrected chi connectivity index (χ2v) is 3.75. The SMILES string of the molecule is CC(=O)Nc1cc(Cl)c(C(C)=O)cc1[N+](=O)[O-]. The Morgan fingerprint density at radius 2 is 1.94 bits per heavy atom. The van der Waals surface area contributed by atoms with E-state index < -0.39 is 10.8 Å². The zero-order valence-electron chi connectivity index (χ0n) is 9.11. The van der Waals surface area contributed by atoms with Gasteiger partial charge in [0.1, 0.15) is 5.69 Å². The van der Waals surface area contributed by atoms with Gasteiger partial charge in [-0.2, -0.15) is 0 Å². The van der Waals surface area contributed by atoms with E-state index in [2.05, 4.69) is 5.32 Å². The van der Waals surface area contributed by atoms with Crippen molar-refractivity contribution in [2.45, 2.75) is 13.8 Å². The van der Waals surface area contributed by atoms with Crippen LogP contribution in [0.25, 0.3) is 0 Å². The molecule has 0 fully saturated rings. The first-order valence-corrected chi connectivity index (χ1v) is 4.97. The molecule has 0 saturated heterocycles. The van der Waals surface area contributed by atoms with Crippen LogP contribution in [0.3, 0.4) is 0 Å². The highest BCUT2D eigenvalue weighted by Crippen LogP contribution is 2.31. The standard InChI is InChI=1S/C10H9ClN2O4/c1-5(14)7-3-10(13(16)17)9(4-8(7)11)12-6(2)15/h3-4H,1-2H3,(H,12,15). The number of amides is 1. The average Bonchev–Trinajstić information content (AvgIpc) is 2.15. The Balaban J connectivity index is 3.40. The van der Waals surface area contributed by atoms with Crippen molar-refractivity contribution in [3.05, 3.63) is 32.8 Å². The summed E-state index contributed by atoms with van der Waals surface area (Å²) in [4.78, 5) is 32.2. The van der Waals surface area contributed by atoms with Crippen LogP contribution in [0.15, 0.2) is 12.1 Å². The van der Waals surface area contributed by atoms with Crippen LogP contribution in [0, 0.1) is 10.1 Å². The molecule has 17 heavy (non-hydrogen) atoms. The normalized spacial score (nSPS) is 9.82. The first-order valence-electron chi connectivity index (χ1n) is 4.59. The summed E-state index contributed by atoms with van der Waals surface area (Å²) in [6.07, 6.45) is 0. The van der Waals surface area contributed by atoms with Gasteiger partial charge in [0.15, 0.2) is 5.78 Å². The van der Waals surface area contributed by atoms with E-state index in [4.69, 9.17) is 11.6 Å². The van der Waals surface area contributed by atoms with Gasteiger partial charge in [-0.05, 0) is 13.0 Å². The van der Waals surface area contributed by atoms with E-state index in [-0.39, 0.29) is 27.7 Å². The maximum Gasteiger partial charge on any atom is 0.293 e. The van der Waals surface area contributed by atoms with Gasteiger partial charge in [0.2, 0.25) is 5.91 Å². The van der Waals surface area contributed by atoms with Crippen LogP contribution in [0.2, 0.25) is 5.02 Å². The average molecular weight is 257 g/mol. The van der Waals surface area contributed by atoms with Crippen LogP contribution >= 0.6 is 11.6 Å². The number of halogens is 1. The van der Waals surface area contributed by atoms with Crippen molar-refractivity contribution in [1.82, 2.24) is 0 Å². The first kappa shape index (κ1) is 13.1. The van der Waals surface area contributed by atoms with Crippen molar-refractivity contribution in [1.29, 1.82) is 0 Å². The van der Waals surface area contributed by atoms with Crippen LogP contribution in [0.1, 0.15) is 24.2 Å². The molecule has 0 saturated carbocycles. The van der Waals surface area contributed by atoms with Crippen molar-refractivity contribution in [2.24, 2.45) is 0 Å². The van der Waals surface area contributed by atoms with Gasteiger partial charge in [0.25, 0.3) is 5.69 Å². The molecule has 90 valence electrons. The van der Waals surface area contributed by atoms with Crippen molar-refractivity contribution < 1.29 is 14.5 Å². The molecule has 0 heterocycles. The molecular weight excluding hydrogens is 248 g/mol. The number of hydrogen-bond acceptors (Lipinski definition) is 4. The minimum atomic E-state index is -0.686. The van der Waals surface area contributed by atoms with Crippen LogP contribution in [-0.4, -0.2) is 16.6 Å². The fourth-order valence-corrected chi connectivity index (χ4v) is 1.57. The van der Waals surface area contributed by atoms with Gasteiger partial charge in [-0.15, -0.1) is 0 Å². The molecule has 0 bridgehead atoms. The van der Waals surface area contributed by atoms with Crippen molar-refractivity contribution in [3.8, 4) is 0 Å². The molecule has 1 amide bonds. The predicted octanol–water partition coefficient (Wildman–Crippen LogP) is 2.41. The molecule has 0 aliphatic rings. The molecule has 0 unspecified atom stereocenters. The minimum absolute atomic E-state index is 0.0301. The van der Waals surface area contributed by atoms with E-state index in [0.29, 0.717) is 0 Å². The number of nitrogens with one attached hydrogen (secondary N) is 1. The van der Waals surface area contributed by atoms with Crippen molar-refractivity contribution >= 4 is 34.7 Å². The number of ketones is 1. The molecule has 1 N–H and O–H groups in total. The highest BCUT2D eigenvalue weighted by Gasteiger charge is 2.20. The summed E-state index contributed by atoms with van der Waals surface area (Å²) in [5.74, 6) is -0.841. The Morgan fingerprint density at radius 3 is 2.35 bits per heavy atom. The lowest BCUT2D eigenvalue weighted by atomic mass is 10.1. The summed E-state index contributed by atoms with van der Waals surface area (Å²) in [7, 11) is 0. The van der Waals surface area contributed by atoms with Gasteiger partial charge < -0.3 is 5.32 Å². The summed E-state index contributed by atoms with van der Waals surface area (Å²) in [6, 6.07) is 2.24. The van der Waals surface area contributed by atoms with Crippen LogP contribution in [0.5, 0.6) is 0 Å². The Hall–Kier alpha value is -1.95. The van der Waals surface area contributed by atoms with Crippen LogP contribution < -0.4 is 5.32 Å². The van der Waals surface area contributed by atoms with E-state index in [1.54, 1.807) is 0 Å². The molecule has 1 aromatic rings. The summed E-state index contributed by atoms with van der Waals surface area (Å²) in [5, 5.41) is 13.1. The Morgan fingerprint density at radius 1 is 1.35 bits per heavy atom. The highest BCUT2D eigenvalue weighted by atomic mass is 35.5. The molecule has 0 spiro atoms. The van der Waals surface area contributed by atoms with E-state index >= 15 is 0 Å². The summed E-state index contributed by atoms with van der Waals surface area (Å²) < 4.78 is 0. The third-order valence-corrected chi connectivity index (χ3v) is 2.28. The molecule has 0 aliphatic heterocycles. The number of Topliss-reactive ketones (excluding diaryl/α,β-unsaturated/α-hetero) is 1. The lowest BCUT2D eigenvalue weighted by Crippen LogP contribution is -2.09. The monoisotopic (exact) mass is 256 g/mol. The number of hydrogen-bond donors (Lipinski definition) is 1. The van der Waals surface area contributed by atoms with Crippen LogP contribution in [0.4, 0.5) is 11.4 Å². The summed E-state index contributed by atoms with van der Waals surface area (Å²) >= 11 is 5.79. The van der Waals surface area contributed by atoms with Gasteiger partial charge >= 0.3 is 0 Å². The molecular formula is C10H9ClN2O4. The van der Waals surface area contributed by atoms with E-state index in [1.165, 1.54) is 19.9 Å². The Kier molecular flexibility index (Phi) is 3.80. The van der Waals surface area contributed by atoms with E-state index in [9.17, 15) is 19.7 Å². The number of rotatable bonds is 3. The van der Waals surface area contributed by atoms with E-state index in [0.717, 1.165) is 6.07 Å². The minimum Gasteiger partial charge on any atom is -0.321 e. The van der Waals surface area contributed by atoms with Gasteiger partial charge in [-0.25, -0.2) is 0 Å². The molecule has 0 atom stereocenters. The van der Waals surface area contributed by atoms with Gasteiger partial charge in [-0.1, -0.05) is 11.6 Å². The summed E-state index contributed by atoms with van der Waals surface area (Å²) in [6.45, 7) is 2.47. The zero-order valence-corrected chi connectivity index (χ0v) is 9.87. The molecule has 1 rings (SSSR count). The predicted molar refractivity (Wildman–Crippen MR) is 62.4 cm³/mol. The molecule has 0 aliphatic carbocycles. The molecule has 0 radical (unpaired) electrons. The van der Waals surface area contributed by atoms with E-state index in [1.807, 2.05) is 0 Å². The number of carbonyl (C=O) groups excluding carboxylic acids is 2. The maximum atomic E-state index is 11.2. The lowest BCUT2D eigenvalue weighted by molar-refractivity contribution is -0.383. The third kappa shape index (κ3) is 3.01. The number of nitro benzene ring substituents is 1. The number of carbonyl (C=O) groups is 2. The molecule has 6 nitrogen and oxygen atoms in total. The largest absolute Gasteiger partial charge is 0.321 e. The van der Waals surface area contributed by atoms with Gasteiger partial charge in [0, 0.05) is 18.6 Å². The second-order valence-electron chi connectivity index (χ2n) is 3.34. The Labute approximate surface area is 102 Å². The number of benzene rings is 1. The van der Waals surface area contributed by atoms with Gasteiger partial charge in [0.05, 0.1) is 9.95 Å². The first-order chi connectivity index (χ1) is 7.82. The molecule has 7 heteroatoms. The second kappa shape index (κ2) is 4.92. The van der Waals surface area contributed by atoms with Crippen molar-refractivity contribution in [3.63, 3.8) is 0 Å². The van der Waals surface area contributed by atoms with Crippen LogP contribution in [-0.2, 0) is 4.79 Å². The number of anilines is 1.